The molecule has 0 fully saturated rings. The molecule has 0 spiro atoms. The minimum atomic E-state index is -0.250. The molecule has 0 saturated heterocycles. The van der Waals surface area contributed by atoms with Crippen LogP contribution in [0.2, 0.25) is 0 Å². The van der Waals surface area contributed by atoms with Crippen LogP contribution in [-0.2, 0) is 0 Å². The van der Waals surface area contributed by atoms with E-state index in [1.54, 1.807) is 6.07 Å². The third-order valence-electron chi connectivity index (χ3n) is 0.552. The fourth-order valence-corrected chi connectivity index (χ4v) is 0.506. The van der Waals surface area contributed by atoms with Gasteiger partial charge in [-0.15, -0.1) is 0 Å². The van der Waals surface area contributed by atoms with Crippen LogP contribution in [0.3, 0.4) is 0 Å². The number of aromatic nitrogens is 1. The molecule has 0 aromatic carbocycles. The molecular formula is C3H3NO2Si. The lowest BCUT2D eigenvalue weighted by atomic mass is 10.8. The lowest BCUT2D eigenvalue weighted by molar-refractivity contribution is 0.423. The molecule has 1 heterocycles. The maximum absolute atomic E-state index is 8.33. The molecule has 0 saturated carbocycles. The van der Waals surface area contributed by atoms with Crippen molar-refractivity contribution in [3.63, 3.8) is 0 Å². The van der Waals surface area contributed by atoms with Crippen LogP contribution in [0, 0.1) is 0 Å². The van der Waals surface area contributed by atoms with Crippen molar-refractivity contribution in [2.45, 2.75) is 0 Å². The van der Waals surface area contributed by atoms with Gasteiger partial charge in [0.2, 0.25) is 0 Å². The predicted molar refractivity (Wildman–Crippen MR) is 24.1 cm³/mol. The summed E-state index contributed by atoms with van der Waals surface area (Å²) in [5.74, 6) is 0. The molecule has 0 aliphatic carbocycles. The van der Waals surface area contributed by atoms with E-state index in [1.807, 2.05) is 0 Å². The van der Waals surface area contributed by atoms with Gasteiger partial charge in [-0.05, 0) is 6.07 Å². The van der Waals surface area contributed by atoms with Crippen LogP contribution in [0.1, 0.15) is 0 Å². The smallest absolute Gasteiger partial charge is 0.291 e. The van der Waals surface area contributed by atoms with Crippen molar-refractivity contribution < 1.29 is 9.32 Å². The van der Waals surface area contributed by atoms with Crippen LogP contribution in [-0.4, -0.2) is 19.7 Å². The maximum Gasteiger partial charge on any atom is 0.291 e. The van der Waals surface area contributed by atoms with Gasteiger partial charge in [0, 0.05) is 0 Å². The Morgan fingerprint density at radius 2 is 2.71 bits per heavy atom. The summed E-state index contributed by atoms with van der Waals surface area (Å²) in [5, 5.41) is 4.02. The van der Waals surface area contributed by atoms with Crippen LogP contribution in [0.5, 0.6) is 0 Å². The van der Waals surface area contributed by atoms with Crippen molar-refractivity contribution in [2.24, 2.45) is 0 Å². The van der Waals surface area contributed by atoms with Crippen molar-refractivity contribution in [1.82, 2.24) is 5.16 Å². The quantitative estimate of drug-likeness (QED) is 0.471. The van der Waals surface area contributed by atoms with Crippen LogP contribution >= 0.6 is 0 Å². The number of hydrogen-bond acceptors (Lipinski definition) is 3. The molecule has 36 valence electrons. The Labute approximate surface area is 42.9 Å². The van der Waals surface area contributed by atoms with Gasteiger partial charge in [0.15, 0.2) is 0 Å². The molecule has 4 heteroatoms. The Kier molecular flexibility index (Phi) is 1.23. The Balaban J connectivity index is 2.76. The zero-order valence-corrected chi connectivity index (χ0v) is 4.46. The van der Waals surface area contributed by atoms with Gasteiger partial charge in [-0.3, -0.25) is 0 Å². The fourth-order valence-electron chi connectivity index (χ4n) is 0.270. The van der Waals surface area contributed by atoms with E-state index in [9.17, 15) is 0 Å². The topological polar surface area (TPSA) is 46.3 Å². The zero-order valence-electron chi connectivity index (χ0n) is 3.46. The Bertz CT molecular complexity index is 127. The molecule has 7 heavy (non-hydrogen) atoms. The van der Waals surface area contributed by atoms with E-state index in [4.69, 9.17) is 4.80 Å². The largest absolute Gasteiger partial charge is 0.427 e. The highest BCUT2D eigenvalue weighted by atomic mass is 28.2. The molecule has 3 nitrogen and oxygen atoms in total. The normalized spacial score (nSPS) is 9.29. The first-order chi connectivity index (χ1) is 3.43. The van der Waals surface area contributed by atoms with Crippen LogP contribution in [0.4, 0.5) is 0 Å². The van der Waals surface area contributed by atoms with Gasteiger partial charge >= 0.3 is 0 Å². The van der Waals surface area contributed by atoms with Gasteiger partial charge in [-0.25, -0.2) is 0 Å². The third kappa shape index (κ3) is 0.878. The van der Waals surface area contributed by atoms with E-state index < -0.39 is 0 Å². The molecule has 0 aliphatic heterocycles. The average Bonchev–Trinajstić information content (AvgIpc) is 2.14. The second-order valence-electron chi connectivity index (χ2n) is 0.996. The minimum Gasteiger partial charge on any atom is -0.427 e. The molecule has 1 aromatic heterocycles. The summed E-state index contributed by atoms with van der Waals surface area (Å²) in [6.07, 6.45) is 1.43. The molecule has 1 N–H and O–H groups in total. The highest BCUT2D eigenvalue weighted by Crippen LogP contribution is 1.70. The molecule has 0 atom stereocenters. The van der Waals surface area contributed by atoms with Gasteiger partial charge in [0.05, 0.1) is 5.32 Å². The fraction of sp³-hybridized carbons (Fsp3) is 0. The van der Waals surface area contributed by atoms with Gasteiger partial charge in [0.1, 0.15) is 6.26 Å². The first-order valence-corrected chi connectivity index (χ1v) is 2.68. The number of hydrogen-bond donors (Lipinski definition) is 1. The Hall–Kier alpha value is -0.613. The van der Waals surface area contributed by atoms with Gasteiger partial charge < -0.3 is 9.32 Å². The van der Waals surface area contributed by atoms with Gasteiger partial charge in [-0.1, -0.05) is 5.16 Å². The number of nitrogens with zero attached hydrogens (tertiary/aromatic N) is 1. The number of rotatable bonds is 1. The van der Waals surface area contributed by atoms with E-state index in [0.717, 1.165) is 0 Å². The first-order valence-electron chi connectivity index (χ1n) is 1.74. The van der Waals surface area contributed by atoms with E-state index >= 15 is 0 Å². The Morgan fingerprint density at radius 1 is 1.86 bits per heavy atom. The summed E-state index contributed by atoms with van der Waals surface area (Å²) in [4.78, 5) is 8.33. The lowest BCUT2D eigenvalue weighted by Crippen LogP contribution is -2.12. The van der Waals surface area contributed by atoms with E-state index in [0.29, 0.717) is 5.32 Å². The van der Waals surface area contributed by atoms with Crippen LogP contribution < -0.4 is 5.32 Å². The van der Waals surface area contributed by atoms with Crippen molar-refractivity contribution >= 4 is 15.1 Å². The predicted octanol–water partition coefficient (Wildman–Crippen LogP) is -1.09. The van der Waals surface area contributed by atoms with Crippen LogP contribution in [0.15, 0.2) is 16.9 Å². The van der Waals surface area contributed by atoms with E-state index in [-0.39, 0.29) is 9.76 Å². The highest BCUT2D eigenvalue weighted by molar-refractivity contribution is 6.43. The summed E-state index contributed by atoms with van der Waals surface area (Å²) < 4.78 is 4.40. The second-order valence-corrected chi connectivity index (χ2v) is 1.73. The molecule has 0 bridgehead atoms. The molecule has 0 unspecified atom stereocenters. The monoisotopic (exact) mass is 113 g/mol. The molecule has 2 radical (unpaired) electrons. The van der Waals surface area contributed by atoms with Crippen molar-refractivity contribution in [3.05, 3.63) is 12.3 Å². The summed E-state index contributed by atoms with van der Waals surface area (Å²) in [6, 6.07) is 1.62. The standard InChI is InChI=1S/C3H3NO2Si/c5-7-3-1-2-6-4-3/h1-2,5H. The van der Waals surface area contributed by atoms with Crippen LogP contribution in [0.25, 0.3) is 0 Å². The molecule has 1 aromatic rings. The minimum absolute atomic E-state index is 0.250. The molecule has 1 rings (SSSR count). The summed E-state index contributed by atoms with van der Waals surface area (Å²) in [7, 11) is -0.250. The second kappa shape index (κ2) is 1.90. The zero-order chi connectivity index (χ0) is 5.11. The van der Waals surface area contributed by atoms with Gasteiger partial charge in [-0.2, -0.15) is 0 Å². The summed E-state index contributed by atoms with van der Waals surface area (Å²) in [6.45, 7) is 0. The highest BCUT2D eigenvalue weighted by Gasteiger charge is 1.91. The van der Waals surface area contributed by atoms with E-state index in [1.165, 1.54) is 6.26 Å². The summed E-state index contributed by atoms with van der Waals surface area (Å²) in [5.41, 5.74) is 0. The lowest BCUT2D eigenvalue weighted by Gasteiger charge is -1.71. The molecule has 0 amide bonds. The van der Waals surface area contributed by atoms with Crippen molar-refractivity contribution in [1.29, 1.82) is 0 Å². The van der Waals surface area contributed by atoms with Gasteiger partial charge in [0.25, 0.3) is 9.76 Å². The maximum atomic E-state index is 8.33. The van der Waals surface area contributed by atoms with Crippen molar-refractivity contribution in [3.8, 4) is 0 Å². The van der Waals surface area contributed by atoms with E-state index in [2.05, 4.69) is 9.68 Å². The summed E-state index contributed by atoms with van der Waals surface area (Å²) >= 11 is 0. The molecule has 0 aliphatic rings. The molecular weight excluding hydrogens is 110 g/mol. The van der Waals surface area contributed by atoms with Crippen molar-refractivity contribution in [2.75, 3.05) is 0 Å². The third-order valence-corrected chi connectivity index (χ3v) is 1.04. The first kappa shape index (κ1) is 4.54. The SMILES string of the molecule is O[Si]c1ccon1. The average molecular weight is 113 g/mol. The Morgan fingerprint density at radius 3 is 3.00 bits per heavy atom.